The van der Waals surface area contributed by atoms with Crippen molar-refractivity contribution in [3.8, 4) is 5.75 Å². The van der Waals surface area contributed by atoms with Gasteiger partial charge in [0.05, 0.1) is 12.0 Å². The monoisotopic (exact) mass is 324 g/mol. The number of rotatable bonds is 4. The Bertz CT molecular complexity index is 886. The molecule has 0 spiro atoms. The van der Waals surface area contributed by atoms with Crippen LogP contribution in [0.5, 0.6) is 5.75 Å². The molecule has 24 heavy (non-hydrogen) atoms. The van der Waals surface area contributed by atoms with Gasteiger partial charge >= 0.3 is 5.97 Å². The average molecular weight is 324 g/mol. The summed E-state index contributed by atoms with van der Waals surface area (Å²) in [7, 11) is 1.54. The molecule has 0 atom stereocenters. The quantitative estimate of drug-likeness (QED) is 0.373. The van der Waals surface area contributed by atoms with Gasteiger partial charge in [-0.15, -0.1) is 0 Å². The summed E-state index contributed by atoms with van der Waals surface area (Å²) in [5.41, 5.74) is 1.11. The number of hydrogen-bond acceptors (Lipinski definition) is 6. The van der Waals surface area contributed by atoms with Crippen LogP contribution >= 0.6 is 0 Å². The second-order valence-corrected chi connectivity index (χ2v) is 4.92. The molecule has 120 valence electrons. The molecule has 0 saturated heterocycles. The van der Waals surface area contributed by atoms with Crippen LogP contribution in [0.4, 0.5) is 5.69 Å². The molecule has 1 aliphatic heterocycles. The fraction of sp³-hybridized carbons (Fsp3) is 0.0588. The van der Waals surface area contributed by atoms with Gasteiger partial charge in [-0.25, -0.2) is 9.79 Å². The summed E-state index contributed by atoms with van der Waals surface area (Å²) in [6, 6.07) is 12.9. The lowest BCUT2D eigenvalue weighted by Gasteiger charge is -2.02. The fourth-order valence-corrected chi connectivity index (χ4v) is 2.17. The molecule has 7 nitrogen and oxygen atoms in total. The summed E-state index contributed by atoms with van der Waals surface area (Å²) in [5, 5.41) is 10.8. The summed E-state index contributed by atoms with van der Waals surface area (Å²) in [4.78, 5) is 26.4. The average Bonchev–Trinajstić information content (AvgIpc) is 2.96. The van der Waals surface area contributed by atoms with Crippen molar-refractivity contribution in [2.45, 2.75) is 0 Å². The summed E-state index contributed by atoms with van der Waals surface area (Å²) in [6.45, 7) is 0. The normalized spacial score (nSPS) is 15.1. The van der Waals surface area contributed by atoms with Crippen LogP contribution in [0.15, 0.2) is 59.2 Å². The topological polar surface area (TPSA) is 91.0 Å². The zero-order valence-electron chi connectivity index (χ0n) is 12.6. The Labute approximate surface area is 137 Å². The van der Waals surface area contributed by atoms with Crippen molar-refractivity contribution in [3.05, 3.63) is 75.5 Å². The molecule has 0 unspecified atom stereocenters. The van der Waals surface area contributed by atoms with Crippen LogP contribution in [0, 0.1) is 10.1 Å². The van der Waals surface area contributed by atoms with E-state index in [0.29, 0.717) is 16.9 Å². The fourth-order valence-electron chi connectivity index (χ4n) is 2.17. The van der Waals surface area contributed by atoms with Crippen molar-refractivity contribution in [2.75, 3.05) is 7.11 Å². The maximum atomic E-state index is 12.0. The van der Waals surface area contributed by atoms with Crippen LogP contribution in [-0.2, 0) is 9.53 Å². The summed E-state index contributed by atoms with van der Waals surface area (Å²) in [5.74, 6) is 0.164. The number of nitro groups is 1. The second-order valence-electron chi connectivity index (χ2n) is 4.92. The maximum Gasteiger partial charge on any atom is 0.363 e. The second kappa shape index (κ2) is 6.33. The van der Waals surface area contributed by atoms with Crippen molar-refractivity contribution in [3.63, 3.8) is 0 Å². The van der Waals surface area contributed by atoms with E-state index >= 15 is 0 Å². The Hall–Kier alpha value is -3.48. The molecule has 0 N–H and O–H groups in total. The van der Waals surface area contributed by atoms with E-state index in [-0.39, 0.29) is 17.3 Å². The Kier molecular flexibility index (Phi) is 4.07. The molecule has 7 heteroatoms. The minimum absolute atomic E-state index is 0.0623. The third-order valence-electron chi connectivity index (χ3n) is 3.32. The highest BCUT2D eigenvalue weighted by atomic mass is 16.6. The van der Waals surface area contributed by atoms with Gasteiger partial charge in [0, 0.05) is 17.7 Å². The SMILES string of the molecule is COc1cccc(C2=NC(=Cc3cccc([N+](=O)[O-])c3)C(=O)O2)c1. The van der Waals surface area contributed by atoms with Gasteiger partial charge in [-0.1, -0.05) is 18.2 Å². The van der Waals surface area contributed by atoms with Gasteiger partial charge in [0.2, 0.25) is 5.90 Å². The maximum absolute atomic E-state index is 12.0. The highest BCUT2D eigenvalue weighted by Gasteiger charge is 2.24. The molecular formula is C17H12N2O5. The third-order valence-corrected chi connectivity index (χ3v) is 3.32. The molecule has 2 aromatic rings. The van der Waals surface area contributed by atoms with Crippen LogP contribution in [0.2, 0.25) is 0 Å². The molecular weight excluding hydrogens is 312 g/mol. The first kappa shape index (κ1) is 15.4. The van der Waals surface area contributed by atoms with Crippen LogP contribution in [-0.4, -0.2) is 23.9 Å². The molecule has 0 amide bonds. The summed E-state index contributed by atoms with van der Waals surface area (Å²) >= 11 is 0. The molecule has 1 aliphatic rings. The molecule has 0 radical (unpaired) electrons. The summed E-state index contributed by atoms with van der Waals surface area (Å²) < 4.78 is 10.3. The van der Waals surface area contributed by atoms with E-state index in [1.54, 1.807) is 30.3 Å². The van der Waals surface area contributed by atoms with Crippen LogP contribution < -0.4 is 4.74 Å². The lowest BCUT2D eigenvalue weighted by Crippen LogP contribution is -2.05. The largest absolute Gasteiger partial charge is 0.497 e. The number of cyclic esters (lactones) is 1. The number of esters is 1. The van der Waals surface area contributed by atoms with Crippen molar-refractivity contribution in [1.82, 2.24) is 0 Å². The van der Waals surface area contributed by atoms with E-state index in [1.807, 2.05) is 0 Å². The number of nitro benzene ring substituents is 1. The van der Waals surface area contributed by atoms with E-state index in [4.69, 9.17) is 9.47 Å². The van der Waals surface area contributed by atoms with Gasteiger partial charge in [-0.3, -0.25) is 10.1 Å². The zero-order chi connectivity index (χ0) is 17.1. The highest BCUT2D eigenvalue weighted by Crippen LogP contribution is 2.22. The van der Waals surface area contributed by atoms with Gasteiger partial charge < -0.3 is 9.47 Å². The van der Waals surface area contributed by atoms with Crippen molar-refractivity contribution >= 4 is 23.6 Å². The first-order valence-corrected chi connectivity index (χ1v) is 6.98. The number of methoxy groups -OCH3 is 1. The molecule has 2 aromatic carbocycles. The van der Waals surface area contributed by atoms with Crippen molar-refractivity contribution in [2.24, 2.45) is 4.99 Å². The molecule has 0 saturated carbocycles. The lowest BCUT2D eigenvalue weighted by molar-refractivity contribution is -0.384. The molecule has 1 heterocycles. The van der Waals surface area contributed by atoms with Crippen LogP contribution in [0.3, 0.4) is 0 Å². The Morgan fingerprint density at radius 1 is 1.21 bits per heavy atom. The first-order valence-electron chi connectivity index (χ1n) is 6.98. The number of benzene rings is 2. The Morgan fingerprint density at radius 2 is 2.00 bits per heavy atom. The minimum Gasteiger partial charge on any atom is -0.497 e. The number of carbonyl (C=O) groups excluding carboxylic acids is 1. The third kappa shape index (κ3) is 3.14. The Balaban J connectivity index is 1.94. The smallest absolute Gasteiger partial charge is 0.363 e. The minimum atomic E-state index is -0.612. The van der Waals surface area contributed by atoms with Gasteiger partial charge in [-0.2, -0.15) is 0 Å². The standard InChI is InChI=1S/C17H12N2O5/c1-23-14-7-3-5-12(10-14)16-18-15(17(20)24-16)9-11-4-2-6-13(8-11)19(21)22/h2-10H,1H3. The van der Waals surface area contributed by atoms with Crippen LogP contribution in [0.25, 0.3) is 6.08 Å². The summed E-state index contributed by atoms with van der Waals surface area (Å²) in [6.07, 6.45) is 1.45. The van der Waals surface area contributed by atoms with Gasteiger partial charge in [-0.05, 0) is 29.8 Å². The number of non-ortho nitro benzene ring substituents is 1. The number of carbonyl (C=O) groups is 1. The molecule has 0 bridgehead atoms. The van der Waals surface area contributed by atoms with Crippen molar-refractivity contribution in [1.29, 1.82) is 0 Å². The van der Waals surface area contributed by atoms with Gasteiger partial charge in [0.25, 0.3) is 5.69 Å². The lowest BCUT2D eigenvalue weighted by atomic mass is 10.1. The van der Waals surface area contributed by atoms with E-state index in [9.17, 15) is 14.9 Å². The number of hydrogen-bond donors (Lipinski definition) is 0. The number of nitrogens with zero attached hydrogens (tertiary/aromatic N) is 2. The van der Waals surface area contributed by atoms with E-state index < -0.39 is 10.9 Å². The predicted molar refractivity (Wildman–Crippen MR) is 86.7 cm³/mol. The molecule has 0 aromatic heterocycles. The molecule has 3 rings (SSSR count). The van der Waals surface area contributed by atoms with E-state index in [1.165, 1.54) is 31.4 Å². The Morgan fingerprint density at radius 3 is 2.75 bits per heavy atom. The van der Waals surface area contributed by atoms with Crippen molar-refractivity contribution < 1.29 is 19.2 Å². The first-order chi connectivity index (χ1) is 11.6. The predicted octanol–water partition coefficient (Wildman–Crippen LogP) is 2.95. The molecule has 0 fully saturated rings. The number of ether oxygens (including phenoxy) is 2. The van der Waals surface area contributed by atoms with Crippen LogP contribution in [0.1, 0.15) is 11.1 Å². The van der Waals surface area contributed by atoms with E-state index in [0.717, 1.165) is 0 Å². The highest BCUT2D eigenvalue weighted by molar-refractivity contribution is 6.13. The zero-order valence-corrected chi connectivity index (χ0v) is 12.6. The number of aliphatic imine (C=N–C) groups is 1. The van der Waals surface area contributed by atoms with Gasteiger partial charge in [0.1, 0.15) is 5.75 Å². The van der Waals surface area contributed by atoms with Gasteiger partial charge in [0.15, 0.2) is 5.70 Å². The molecule has 0 aliphatic carbocycles. The van der Waals surface area contributed by atoms with E-state index in [2.05, 4.69) is 4.99 Å².